The fraction of sp³-hybridized carbons (Fsp3) is 0.769. The lowest BCUT2D eigenvalue weighted by Gasteiger charge is -2.28. The lowest BCUT2D eigenvalue weighted by molar-refractivity contribution is 0.383. The van der Waals surface area contributed by atoms with Gasteiger partial charge in [0.1, 0.15) is 5.82 Å². The third kappa shape index (κ3) is 2.80. The smallest absolute Gasteiger partial charge is 0.148 e. The van der Waals surface area contributed by atoms with E-state index in [1.54, 1.807) is 0 Å². The molecule has 2 rings (SSSR count). The van der Waals surface area contributed by atoms with Gasteiger partial charge in [-0.05, 0) is 39.7 Å². The fourth-order valence-electron chi connectivity index (χ4n) is 2.43. The Kier molecular flexibility index (Phi) is 3.72. The molecule has 0 amide bonds. The van der Waals surface area contributed by atoms with Crippen molar-refractivity contribution in [2.45, 2.75) is 51.6 Å². The Balaban J connectivity index is 1.92. The van der Waals surface area contributed by atoms with Crippen molar-refractivity contribution in [2.24, 2.45) is 0 Å². The quantitative estimate of drug-likeness (QED) is 0.825. The van der Waals surface area contributed by atoms with Gasteiger partial charge in [-0.3, -0.25) is 4.68 Å². The zero-order chi connectivity index (χ0) is 12.3. The molecule has 4 heteroatoms. The molecule has 0 aromatic carbocycles. The third-order valence-electron chi connectivity index (χ3n) is 3.75. The second-order valence-corrected chi connectivity index (χ2v) is 5.29. The van der Waals surface area contributed by atoms with Crippen LogP contribution >= 0.6 is 0 Å². The van der Waals surface area contributed by atoms with Crippen LogP contribution in [-0.2, 0) is 0 Å². The second-order valence-electron chi connectivity index (χ2n) is 5.29. The van der Waals surface area contributed by atoms with Gasteiger partial charge in [-0.15, -0.1) is 0 Å². The van der Waals surface area contributed by atoms with E-state index >= 15 is 0 Å². The van der Waals surface area contributed by atoms with Gasteiger partial charge in [0.2, 0.25) is 0 Å². The van der Waals surface area contributed by atoms with Crippen molar-refractivity contribution in [3.8, 4) is 0 Å². The molecule has 0 radical (unpaired) electrons. The van der Waals surface area contributed by atoms with Crippen LogP contribution in [0.2, 0.25) is 0 Å². The summed E-state index contributed by atoms with van der Waals surface area (Å²) in [5, 5.41) is 11.6. The van der Waals surface area contributed by atoms with Gasteiger partial charge in [-0.2, -0.15) is 5.10 Å². The molecule has 0 saturated carbocycles. The maximum absolute atomic E-state index is 4.51. The SMILES string of the molecule is CCC1(CNc2ccn(C(C)C)n2)CCCN1. The van der Waals surface area contributed by atoms with Crippen LogP contribution in [0.1, 0.15) is 46.1 Å². The normalized spacial score (nSPS) is 24.5. The van der Waals surface area contributed by atoms with Crippen molar-refractivity contribution >= 4 is 5.82 Å². The maximum Gasteiger partial charge on any atom is 0.148 e. The van der Waals surface area contributed by atoms with Crippen molar-refractivity contribution in [3.05, 3.63) is 12.3 Å². The van der Waals surface area contributed by atoms with E-state index in [9.17, 15) is 0 Å². The Morgan fingerprint density at radius 3 is 2.94 bits per heavy atom. The predicted octanol–water partition coefficient (Wildman–Crippen LogP) is 2.41. The molecule has 0 bridgehead atoms. The van der Waals surface area contributed by atoms with E-state index in [4.69, 9.17) is 0 Å². The average molecular weight is 236 g/mol. The number of anilines is 1. The first-order valence-electron chi connectivity index (χ1n) is 6.69. The van der Waals surface area contributed by atoms with Crippen LogP contribution in [0, 0.1) is 0 Å². The summed E-state index contributed by atoms with van der Waals surface area (Å²) in [6.45, 7) is 8.66. The van der Waals surface area contributed by atoms with E-state index < -0.39 is 0 Å². The highest BCUT2D eigenvalue weighted by molar-refractivity contribution is 5.33. The molecular weight excluding hydrogens is 212 g/mol. The minimum Gasteiger partial charge on any atom is -0.367 e. The van der Waals surface area contributed by atoms with Crippen LogP contribution in [0.15, 0.2) is 12.3 Å². The summed E-state index contributed by atoms with van der Waals surface area (Å²) < 4.78 is 1.99. The van der Waals surface area contributed by atoms with Gasteiger partial charge in [0.15, 0.2) is 0 Å². The highest BCUT2D eigenvalue weighted by atomic mass is 15.3. The zero-order valence-corrected chi connectivity index (χ0v) is 11.2. The van der Waals surface area contributed by atoms with Gasteiger partial charge in [0.05, 0.1) is 0 Å². The van der Waals surface area contributed by atoms with Gasteiger partial charge in [-0.1, -0.05) is 6.92 Å². The summed E-state index contributed by atoms with van der Waals surface area (Å²) in [5.41, 5.74) is 0.279. The molecule has 1 aromatic rings. The number of aromatic nitrogens is 2. The molecule has 1 aromatic heterocycles. The number of rotatable bonds is 5. The first kappa shape index (κ1) is 12.4. The maximum atomic E-state index is 4.51. The number of nitrogens with zero attached hydrogens (tertiary/aromatic N) is 2. The summed E-state index contributed by atoms with van der Waals surface area (Å²) in [6.07, 6.45) is 5.76. The van der Waals surface area contributed by atoms with Gasteiger partial charge in [0, 0.05) is 30.4 Å². The lowest BCUT2D eigenvalue weighted by atomic mass is 9.94. The number of hydrogen-bond donors (Lipinski definition) is 2. The molecule has 1 saturated heterocycles. The molecule has 1 aliphatic rings. The molecule has 17 heavy (non-hydrogen) atoms. The van der Waals surface area contributed by atoms with Crippen LogP contribution in [0.4, 0.5) is 5.82 Å². The molecule has 2 heterocycles. The highest BCUT2D eigenvalue weighted by Gasteiger charge is 2.31. The fourth-order valence-corrected chi connectivity index (χ4v) is 2.43. The first-order chi connectivity index (χ1) is 8.15. The van der Waals surface area contributed by atoms with Crippen LogP contribution in [0.25, 0.3) is 0 Å². The number of hydrogen-bond acceptors (Lipinski definition) is 3. The summed E-state index contributed by atoms with van der Waals surface area (Å²) >= 11 is 0. The second kappa shape index (κ2) is 5.08. The van der Waals surface area contributed by atoms with Crippen molar-refractivity contribution < 1.29 is 0 Å². The zero-order valence-electron chi connectivity index (χ0n) is 11.2. The monoisotopic (exact) mass is 236 g/mol. The lowest BCUT2D eigenvalue weighted by Crippen LogP contribution is -2.45. The van der Waals surface area contributed by atoms with Crippen LogP contribution in [0.3, 0.4) is 0 Å². The Labute approximate surface area is 104 Å². The van der Waals surface area contributed by atoms with Crippen LogP contribution in [-0.4, -0.2) is 28.4 Å². The largest absolute Gasteiger partial charge is 0.367 e. The van der Waals surface area contributed by atoms with Gasteiger partial charge in [0.25, 0.3) is 0 Å². The van der Waals surface area contributed by atoms with E-state index in [-0.39, 0.29) is 5.54 Å². The van der Waals surface area contributed by atoms with E-state index in [1.165, 1.54) is 19.3 Å². The summed E-state index contributed by atoms with van der Waals surface area (Å²) in [4.78, 5) is 0. The van der Waals surface area contributed by atoms with Crippen molar-refractivity contribution in [2.75, 3.05) is 18.4 Å². The standard InChI is InChI=1S/C13H24N4/c1-4-13(7-5-8-15-13)10-14-12-6-9-17(16-12)11(2)3/h6,9,11,15H,4-5,7-8,10H2,1-3H3,(H,14,16). The van der Waals surface area contributed by atoms with Crippen molar-refractivity contribution in [3.63, 3.8) is 0 Å². The van der Waals surface area contributed by atoms with E-state index in [2.05, 4.69) is 42.6 Å². The predicted molar refractivity (Wildman–Crippen MR) is 71.4 cm³/mol. The average Bonchev–Trinajstić information content (AvgIpc) is 2.96. The molecule has 2 N–H and O–H groups in total. The minimum absolute atomic E-state index is 0.279. The highest BCUT2D eigenvalue weighted by Crippen LogP contribution is 2.23. The molecule has 0 aliphatic carbocycles. The van der Waals surface area contributed by atoms with Crippen molar-refractivity contribution in [1.82, 2.24) is 15.1 Å². The summed E-state index contributed by atoms with van der Waals surface area (Å²) in [6, 6.07) is 2.48. The first-order valence-corrected chi connectivity index (χ1v) is 6.69. The summed E-state index contributed by atoms with van der Waals surface area (Å²) in [5.74, 6) is 0.986. The Morgan fingerprint density at radius 1 is 1.59 bits per heavy atom. The van der Waals surface area contributed by atoms with Crippen LogP contribution in [0.5, 0.6) is 0 Å². The topological polar surface area (TPSA) is 41.9 Å². The van der Waals surface area contributed by atoms with E-state index in [0.717, 1.165) is 18.9 Å². The molecule has 4 nitrogen and oxygen atoms in total. The molecule has 96 valence electrons. The van der Waals surface area contributed by atoms with Crippen LogP contribution < -0.4 is 10.6 Å². The van der Waals surface area contributed by atoms with E-state index in [1.807, 2.05) is 10.9 Å². The molecule has 1 aliphatic heterocycles. The van der Waals surface area contributed by atoms with Crippen molar-refractivity contribution in [1.29, 1.82) is 0 Å². The van der Waals surface area contributed by atoms with E-state index in [0.29, 0.717) is 6.04 Å². The molecular formula is C13H24N4. The minimum atomic E-state index is 0.279. The molecule has 1 fully saturated rings. The van der Waals surface area contributed by atoms with Gasteiger partial charge >= 0.3 is 0 Å². The third-order valence-corrected chi connectivity index (χ3v) is 3.75. The molecule has 1 atom stereocenters. The Morgan fingerprint density at radius 2 is 2.41 bits per heavy atom. The van der Waals surface area contributed by atoms with Gasteiger partial charge in [-0.25, -0.2) is 0 Å². The Hall–Kier alpha value is -1.03. The summed E-state index contributed by atoms with van der Waals surface area (Å²) in [7, 11) is 0. The number of nitrogens with one attached hydrogen (secondary N) is 2. The molecule has 1 unspecified atom stereocenters. The molecule has 0 spiro atoms. The Bertz CT molecular complexity index is 350. The van der Waals surface area contributed by atoms with Gasteiger partial charge < -0.3 is 10.6 Å².